The highest BCUT2D eigenvalue weighted by atomic mass is 16.5. The fourth-order valence-electron chi connectivity index (χ4n) is 4.77. The molecule has 6 heteroatoms. The molecule has 168 valence electrons. The van der Waals surface area contributed by atoms with Crippen LogP contribution in [0.2, 0.25) is 0 Å². The number of amides is 1. The van der Waals surface area contributed by atoms with Gasteiger partial charge in [-0.1, -0.05) is 66.7 Å². The van der Waals surface area contributed by atoms with E-state index in [-0.39, 0.29) is 11.8 Å². The fraction of sp³-hybridized carbons (Fsp3) is 0.179. The van der Waals surface area contributed by atoms with Crippen molar-refractivity contribution >= 4 is 11.7 Å². The number of nitrogens with zero attached hydrogens (tertiary/aromatic N) is 4. The Hall–Kier alpha value is -4.19. The maximum absolute atomic E-state index is 13.7. The lowest BCUT2D eigenvalue weighted by Gasteiger charge is -2.38. The monoisotopic (exact) mass is 448 g/mol. The number of rotatable bonds is 3. The topological polar surface area (TPSA) is 58.6 Å². The van der Waals surface area contributed by atoms with Crippen LogP contribution in [0.5, 0.6) is 11.5 Å². The molecule has 0 N–H and O–H groups in total. The van der Waals surface area contributed by atoms with Gasteiger partial charge >= 0.3 is 0 Å². The van der Waals surface area contributed by atoms with Crippen molar-refractivity contribution in [3.8, 4) is 22.8 Å². The van der Waals surface area contributed by atoms with Crippen molar-refractivity contribution in [1.29, 1.82) is 0 Å². The highest BCUT2D eigenvalue weighted by molar-refractivity contribution is 5.90. The van der Waals surface area contributed by atoms with Crippen molar-refractivity contribution < 1.29 is 9.53 Å². The Balaban J connectivity index is 1.18. The summed E-state index contributed by atoms with van der Waals surface area (Å²) in [5, 5.41) is 8.87. The summed E-state index contributed by atoms with van der Waals surface area (Å²) in [6.45, 7) is 2.72. The van der Waals surface area contributed by atoms with E-state index in [9.17, 15) is 4.79 Å². The van der Waals surface area contributed by atoms with Gasteiger partial charge in [0, 0.05) is 42.9 Å². The lowest BCUT2D eigenvalue weighted by Crippen LogP contribution is -2.50. The maximum Gasteiger partial charge on any atom is 0.234 e. The summed E-state index contributed by atoms with van der Waals surface area (Å²) in [6, 6.07) is 29.7. The highest BCUT2D eigenvalue weighted by Crippen LogP contribution is 2.44. The lowest BCUT2D eigenvalue weighted by atomic mass is 9.86. The number of ether oxygens (including phenoxy) is 1. The lowest BCUT2D eigenvalue weighted by molar-refractivity contribution is -0.132. The summed E-state index contributed by atoms with van der Waals surface area (Å²) in [5.74, 6) is 2.12. The molecule has 0 saturated carbocycles. The van der Waals surface area contributed by atoms with E-state index in [1.165, 1.54) is 0 Å². The molecule has 3 heterocycles. The van der Waals surface area contributed by atoms with Crippen LogP contribution in [0.15, 0.2) is 91.0 Å². The molecule has 0 bridgehead atoms. The van der Waals surface area contributed by atoms with Crippen LogP contribution in [-0.4, -0.2) is 47.2 Å². The number of anilines is 1. The molecule has 6 rings (SSSR count). The van der Waals surface area contributed by atoms with E-state index in [4.69, 9.17) is 4.74 Å². The minimum atomic E-state index is -0.349. The summed E-state index contributed by atoms with van der Waals surface area (Å²) in [4.78, 5) is 17.9. The van der Waals surface area contributed by atoms with Crippen LogP contribution in [-0.2, 0) is 4.79 Å². The van der Waals surface area contributed by atoms with Crippen LogP contribution in [0.4, 0.5) is 5.82 Å². The standard InChI is InChI=1S/C28H24N4O2/c33-28(27-21-10-4-6-12-24(21)34-25-13-7-5-11-22(25)27)32-18-16-31(17-19-32)26-15-14-23(29-30-26)20-8-2-1-3-9-20/h1-15,27H,16-19H2. The third-order valence-electron chi connectivity index (χ3n) is 6.56. The number of carbonyl (C=O) groups is 1. The molecule has 3 aromatic carbocycles. The molecule has 4 aromatic rings. The van der Waals surface area contributed by atoms with Gasteiger partial charge in [-0.3, -0.25) is 4.79 Å². The molecule has 34 heavy (non-hydrogen) atoms. The molecule has 1 amide bonds. The Bertz CT molecular complexity index is 1270. The van der Waals surface area contributed by atoms with Gasteiger partial charge < -0.3 is 14.5 Å². The van der Waals surface area contributed by atoms with Gasteiger partial charge in [0.05, 0.1) is 11.6 Å². The minimum absolute atomic E-state index is 0.119. The molecule has 6 nitrogen and oxygen atoms in total. The number of piperazine rings is 1. The first-order valence-electron chi connectivity index (χ1n) is 11.6. The zero-order valence-corrected chi connectivity index (χ0v) is 18.7. The molecule has 2 aliphatic heterocycles. The number of hydrogen-bond donors (Lipinski definition) is 0. The second kappa shape index (κ2) is 8.63. The molecule has 0 aliphatic carbocycles. The summed E-state index contributed by atoms with van der Waals surface area (Å²) >= 11 is 0. The SMILES string of the molecule is O=C(C1c2ccccc2Oc2ccccc21)N1CCN(c2ccc(-c3ccccc3)nn2)CC1. The number of aromatic nitrogens is 2. The molecule has 0 atom stereocenters. The molecule has 1 aromatic heterocycles. The van der Waals surface area contributed by atoms with E-state index in [1.54, 1.807) is 0 Å². The molecular formula is C28H24N4O2. The summed E-state index contributed by atoms with van der Waals surface area (Å²) in [5.41, 5.74) is 3.76. The smallest absolute Gasteiger partial charge is 0.234 e. The summed E-state index contributed by atoms with van der Waals surface area (Å²) in [7, 11) is 0. The predicted octanol–water partition coefficient (Wildman–Crippen LogP) is 4.73. The normalized spacial score (nSPS) is 15.3. The fourth-order valence-corrected chi connectivity index (χ4v) is 4.77. The van der Waals surface area contributed by atoms with Gasteiger partial charge in [0.1, 0.15) is 11.5 Å². The van der Waals surface area contributed by atoms with Crippen LogP contribution in [0.3, 0.4) is 0 Å². The number of para-hydroxylation sites is 2. The van der Waals surface area contributed by atoms with Crippen molar-refractivity contribution in [2.24, 2.45) is 0 Å². The van der Waals surface area contributed by atoms with Crippen molar-refractivity contribution in [2.75, 3.05) is 31.1 Å². The minimum Gasteiger partial charge on any atom is -0.457 e. The Morgan fingerprint density at radius 1 is 0.706 bits per heavy atom. The van der Waals surface area contributed by atoms with E-state index >= 15 is 0 Å². The van der Waals surface area contributed by atoms with E-state index < -0.39 is 0 Å². The number of carbonyl (C=O) groups excluding carboxylic acids is 1. The molecular weight excluding hydrogens is 424 g/mol. The molecule has 2 aliphatic rings. The second-order valence-corrected chi connectivity index (χ2v) is 8.57. The molecule has 0 radical (unpaired) electrons. The Morgan fingerprint density at radius 2 is 1.32 bits per heavy atom. The van der Waals surface area contributed by atoms with Gasteiger partial charge in [0.2, 0.25) is 5.91 Å². The van der Waals surface area contributed by atoms with Gasteiger partial charge in [0.25, 0.3) is 0 Å². The first-order valence-corrected chi connectivity index (χ1v) is 11.6. The van der Waals surface area contributed by atoms with Crippen LogP contribution in [0.1, 0.15) is 17.0 Å². The zero-order chi connectivity index (χ0) is 22.9. The van der Waals surface area contributed by atoms with Gasteiger partial charge in [-0.2, -0.15) is 0 Å². The molecule has 0 spiro atoms. The van der Waals surface area contributed by atoms with E-state index in [2.05, 4.69) is 15.1 Å². The molecule has 0 unspecified atom stereocenters. The van der Waals surface area contributed by atoms with E-state index in [1.807, 2.05) is 95.9 Å². The number of fused-ring (bicyclic) bond motifs is 2. The van der Waals surface area contributed by atoms with Crippen LogP contribution >= 0.6 is 0 Å². The maximum atomic E-state index is 13.7. The third-order valence-corrected chi connectivity index (χ3v) is 6.56. The Kier molecular flexibility index (Phi) is 5.18. The van der Waals surface area contributed by atoms with Gasteiger partial charge in [0.15, 0.2) is 5.82 Å². The van der Waals surface area contributed by atoms with Crippen molar-refractivity contribution in [1.82, 2.24) is 15.1 Å². The van der Waals surface area contributed by atoms with E-state index in [0.29, 0.717) is 13.1 Å². The molecule has 1 fully saturated rings. The van der Waals surface area contributed by atoms with Crippen LogP contribution in [0.25, 0.3) is 11.3 Å². The second-order valence-electron chi connectivity index (χ2n) is 8.57. The van der Waals surface area contributed by atoms with Gasteiger partial charge in [-0.15, -0.1) is 10.2 Å². The summed E-state index contributed by atoms with van der Waals surface area (Å²) < 4.78 is 6.07. The van der Waals surface area contributed by atoms with Crippen LogP contribution < -0.4 is 9.64 Å². The average Bonchev–Trinajstić information content (AvgIpc) is 2.92. The highest BCUT2D eigenvalue weighted by Gasteiger charge is 2.36. The Labute approximate surface area is 198 Å². The van der Waals surface area contributed by atoms with E-state index in [0.717, 1.165) is 52.8 Å². The summed E-state index contributed by atoms with van der Waals surface area (Å²) in [6.07, 6.45) is 0. The quantitative estimate of drug-likeness (QED) is 0.454. The van der Waals surface area contributed by atoms with Crippen molar-refractivity contribution in [3.63, 3.8) is 0 Å². The molecule has 1 saturated heterocycles. The first kappa shape index (κ1) is 20.4. The van der Waals surface area contributed by atoms with Crippen molar-refractivity contribution in [2.45, 2.75) is 5.92 Å². The number of hydrogen-bond acceptors (Lipinski definition) is 5. The average molecular weight is 449 g/mol. The third kappa shape index (κ3) is 3.67. The van der Waals surface area contributed by atoms with Gasteiger partial charge in [-0.25, -0.2) is 0 Å². The zero-order valence-electron chi connectivity index (χ0n) is 18.7. The van der Waals surface area contributed by atoms with Crippen molar-refractivity contribution in [3.05, 3.63) is 102 Å². The largest absolute Gasteiger partial charge is 0.457 e. The van der Waals surface area contributed by atoms with Crippen LogP contribution in [0, 0.1) is 0 Å². The number of benzene rings is 3. The first-order chi connectivity index (χ1) is 16.8. The van der Waals surface area contributed by atoms with Gasteiger partial charge in [-0.05, 0) is 24.3 Å². The Morgan fingerprint density at radius 3 is 1.94 bits per heavy atom. The predicted molar refractivity (Wildman–Crippen MR) is 131 cm³/mol.